The highest BCUT2D eigenvalue weighted by atomic mass is 16.6. The van der Waals surface area contributed by atoms with Gasteiger partial charge in [0.25, 0.3) is 0 Å². The Bertz CT molecular complexity index is 192. The van der Waals surface area contributed by atoms with Crippen LogP contribution in [0, 0.1) is 5.92 Å². The summed E-state index contributed by atoms with van der Waals surface area (Å²) in [6.45, 7) is 4.96. The normalized spacial score (nSPS) is 26.8. The van der Waals surface area contributed by atoms with Crippen LogP contribution < -0.4 is 0 Å². The zero-order valence-corrected chi connectivity index (χ0v) is 5.01. The van der Waals surface area contributed by atoms with Gasteiger partial charge in [0.15, 0.2) is 0 Å². The lowest BCUT2D eigenvalue weighted by molar-refractivity contribution is -0.152. The van der Waals surface area contributed by atoms with Gasteiger partial charge >= 0.3 is 11.9 Å². The fraction of sp³-hybridized carbons (Fsp3) is 0.333. The number of hydrogen-bond acceptors (Lipinski definition) is 3. The Hall–Kier alpha value is -1.12. The maximum absolute atomic E-state index is 10.5. The maximum Gasteiger partial charge on any atom is 0.341 e. The second-order valence-electron chi connectivity index (χ2n) is 1.96. The van der Waals surface area contributed by atoms with E-state index in [1.165, 1.54) is 0 Å². The van der Waals surface area contributed by atoms with E-state index < -0.39 is 17.9 Å². The monoisotopic (exact) mass is 126 g/mol. The average Bonchev–Trinajstić information content (AvgIpc) is 1.98. The fourth-order valence-corrected chi connectivity index (χ4v) is 0.564. The summed E-state index contributed by atoms with van der Waals surface area (Å²) in [6.07, 6.45) is 0. The van der Waals surface area contributed by atoms with Crippen molar-refractivity contribution in [2.45, 2.75) is 6.92 Å². The fourth-order valence-electron chi connectivity index (χ4n) is 0.564. The zero-order chi connectivity index (χ0) is 7.02. The third-order valence-electron chi connectivity index (χ3n) is 1.33. The molecule has 1 saturated heterocycles. The second-order valence-corrected chi connectivity index (χ2v) is 1.96. The first kappa shape index (κ1) is 6.01. The van der Waals surface area contributed by atoms with Crippen molar-refractivity contribution in [1.29, 1.82) is 0 Å². The van der Waals surface area contributed by atoms with Crippen molar-refractivity contribution < 1.29 is 14.3 Å². The Kier molecular flexibility index (Phi) is 1.12. The molecule has 0 aromatic rings. The van der Waals surface area contributed by atoms with E-state index in [4.69, 9.17) is 0 Å². The molecule has 0 N–H and O–H groups in total. The minimum Gasteiger partial charge on any atom is -0.389 e. The van der Waals surface area contributed by atoms with Crippen LogP contribution in [-0.4, -0.2) is 11.9 Å². The molecular weight excluding hydrogens is 120 g/mol. The van der Waals surface area contributed by atoms with Crippen molar-refractivity contribution in [2.24, 2.45) is 5.92 Å². The molecule has 0 unspecified atom stereocenters. The predicted octanol–water partition coefficient (Wildman–Crippen LogP) is 0.262. The highest BCUT2D eigenvalue weighted by molar-refractivity contribution is 6.06. The molecule has 0 bridgehead atoms. The molecule has 0 aromatic carbocycles. The van der Waals surface area contributed by atoms with E-state index in [1.807, 2.05) is 0 Å². The van der Waals surface area contributed by atoms with Gasteiger partial charge in [0.2, 0.25) is 0 Å². The number of carbonyl (C=O) groups excluding carboxylic acids is 2. The van der Waals surface area contributed by atoms with Gasteiger partial charge in [-0.05, 0) is 6.92 Å². The van der Waals surface area contributed by atoms with E-state index in [1.54, 1.807) is 6.92 Å². The van der Waals surface area contributed by atoms with Crippen LogP contribution in [0.3, 0.4) is 0 Å². The van der Waals surface area contributed by atoms with Gasteiger partial charge in [-0.15, -0.1) is 0 Å². The van der Waals surface area contributed by atoms with Crippen LogP contribution >= 0.6 is 0 Å². The summed E-state index contributed by atoms with van der Waals surface area (Å²) in [5.41, 5.74) is 0.250. The lowest BCUT2D eigenvalue weighted by atomic mass is 10.1. The van der Waals surface area contributed by atoms with Crippen molar-refractivity contribution in [2.75, 3.05) is 0 Å². The third-order valence-corrected chi connectivity index (χ3v) is 1.33. The van der Waals surface area contributed by atoms with Crippen molar-refractivity contribution in [1.82, 2.24) is 0 Å². The smallest absolute Gasteiger partial charge is 0.341 e. The molecule has 3 heteroatoms. The van der Waals surface area contributed by atoms with Crippen LogP contribution in [-0.2, 0) is 14.3 Å². The van der Waals surface area contributed by atoms with E-state index in [0.717, 1.165) is 0 Å². The summed E-state index contributed by atoms with van der Waals surface area (Å²) in [5, 5.41) is 0. The number of rotatable bonds is 0. The lowest BCUT2D eigenvalue weighted by Crippen LogP contribution is -2.02. The summed E-state index contributed by atoms with van der Waals surface area (Å²) in [6, 6.07) is 0. The predicted molar refractivity (Wildman–Crippen MR) is 29.4 cm³/mol. The van der Waals surface area contributed by atoms with E-state index in [-0.39, 0.29) is 5.57 Å². The summed E-state index contributed by atoms with van der Waals surface area (Å²) < 4.78 is 4.21. The first-order valence-corrected chi connectivity index (χ1v) is 2.57. The van der Waals surface area contributed by atoms with Crippen molar-refractivity contribution in [3.8, 4) is 0 Å². The number of cyclic esters (lactones) is 2. The van der Waals surface area contributed by atoms with E-state index in [2.05, 4.69) is 11.3 Å². The molecule has 1 heterocycles. The van der Waals surface area contributed by atoms with Crippen LogP contribution in [0.15, 0.2) is 12.2 Å². The Morgan fingerprint density at radius 3 is 2.22 bits per heavy atom. The second kappa shape index (κ2) is 1.69. The highest BCUT2D eigenvalue weighted by Gasteiger charge is 2.33. The lowest BCUT2D eigenvalue weighted by Gasteiger charge is -1.89. The van der Waals surface area contributed by atoms with E-state index >= 15 is 0 Å². The van der Waals surface area contributed by atoms with Gasteiger partial charge in [-0.1, -0.05) is 6.58 Å². The molecule has 48 valence electrons. The Morgan fingerprint density at radius 1 is 1.56 bits per heavy atom. The molecule has 1 aliphatic rings. The van der Waals surface area contributed by atoms with Crippen LogP contribution in [0.4, 0.5) is 0 Å². The minimum absolute atomic E-state index is 0.250. The Morgan fingerprint density at radius 2 is 2.11 bits per heavy atom. The first-order valence-electron chi connectivity index (χ1n) is 2.57. The highest BCUT2D eigenvalue weighted by Crippen LogP contribution is 2.19. The molecule has 0 spiro atoms. The van der Waals surface area contributed by atoms with Gasteiger partial charge < -0.3 is 4.74 Å². The standard InChI is InChI=1S/C6H6O3/c1-3-4(2)6(8)9-5(3)7/h4H,1H2,2H3/t4-/m0/s1. The molecule has 9 heavy (non-hydrogen) atoms. The maximum atomic E-state index is 10.5. The van der Waals surface area contributed by atoms with Crippen molar-refractivity contribution in [3.63, 3.8) is 0 Å². The largest absolute Gasteiger partial charge is 0.389 e. The van der Waals surface area contributed by atoms with Gasteiger partial charge in [-0.3, -0.25) is 4.79 Å². The number of ether oxygens (including phenoxy) is 1. The van der Waals surface area contributed by atoms with E-state index in [9.17, 15) is 9.59 Å². The molecule has 1 rings (SSSR count). The van der Waals surface area contributed by atoms with Gasteiger partial charge in [-0.2, -0.15) is 0 Å². The summed E-state index contributed by atoms with van der Waals surface area (Å²) in [4.78, 5) is 20.9. The molecule has 0 aromatic heterocycles. The van der Waals surface area contributed by atoms with Crippen molar-refractivity contribution in [3.05, 3.63) is 12.2 Å². The molecule has 0 amide bonds. The number of carbonyl (C=O) groups is 2. The van der Waals surface area contributed by atoms with Gasteiger partial charge in [0.05, 0.1) is 5.92 Å². The van der Waals surface area contributed by atoms with Crippen LogP contribution in [0.2, 0.25) is 0 Å². The van der Waals surface area contributed by atoms with Crippen LogP contribution in [0.25, 0.3) is 0 Å². The minimum atomic E-state index is -0.590. The summed E-state index contributed by atoms with van der Waals surface area (Å²) >= 11 is 0. The Labute approximate surface area is 52.3 Å². The zero-order valence-electron chi connectivity index (χ0n) is 5.01. The number of esters is 2. The van der Waals surface area contributed by atoms with Crippen LogP contribution in [0.1, 0.15) is 6.92 Å². The molecule has 1 fully saturated rings. The molecule has 0 aliphatic carbocycles. The quantitative estimate of drug-likeness (QED) is 0.265. The molecular formula is C6H6O3. The van der Waals surface area contributed by atoms with Gasteiger partial charge in [0.1, 0.15) is 0 Å². The van der Waals surface area contributed by atoms with Crippen LogP contribution in [0.5, 0.6) is 0 Å². The molecule has 1 aliphatic heterocycles. The van der Waals surface area contributed by atoms with Gasteiger partial charge in [0, 0.05) is 5.57 Å². The number of hydrogen-bond donors (Lipinski definition) is 0. The topological polar surface area (TPSA) is 43.4 Å². The molecule has 1 atom stereocenters. The van der Waals surface area contributed by atoms with Crippen molar-refractivity contribution >= 4 is 11.9 Å². The summed E-state index contributed by atoms with van der Waals surface area (Å²) in [7, 11) is 0. The average molecular weight is 126 g/mol. The molecule has 3 nitrogen and oxygen atoms in total. The first-order chi connectivity index (χ1) is 4.13. The van der Waals surface area contributed by atoms with E-state index in [0.29, 0.717) is 0 Å². The molecule has 0 saturated carbocycles. The van der Waals surface area contributed by atoms with Gasteiger partial charge in [-0.25, -0.2) is 4.79 Å². The SMILES string of the molecule is C=C1C(=O)OC(=O)[C@H]1C. The molecule has 0 radical (unpaired) electrons. The summed E-state index contributed by atoms with van der Waals surface area (Å²) in [5.74, 6) is -1.53. The third kappa shape index (κ3) is 0.740. The Balaban J connectivity index is 2.90.